The van der Waals surface area contributed by atoms with E-state index < -0.39 is 29.6 Å². The number of urea groups is 1. The lowest BCUT2D eigenvalue weighted by Gasteiger charge is -2.15. The summed E-state index contributed by atoms with van der Waals surface area (Å²) in [5.41, 5.74) is 5.51. The van der Waals surface area contributed by atoms with Crippen molar-refractivity contribution in [3.63, 3.8) is 0 Å². The number of amides is 4. The van der Waals surface area contributed by atoms with Crippen molar-refractivity contribution in [1.82, 2.24) is 10.6 Å². The molecule has 8 N–H and O–H groups in total. The largest absolute Gasteiger partial charge is 0.416 e. The van der Waals surface area contributed by atoms with Gasteiger partial charge in [0.25, 0.3) is 0 Å². The molecule has 0 bridgehead atoms. The number of carbonyl (C=O) groups excluding carboxylic acids is 3. The summed E-state index contributed by atoms with van der Waals surface area (Å²) in [6.45, 7) is 0.259. The van der Waals surface area contributed by atoms with Crippen molar-refractivity contribution in [3.8, 4) is 0 Å². The Kier molecular flexibility index (Phi) is 9.48. The first-order valence-electron chi connectivity index (χ1n) is 11.4. The summed E-state index contributed by atoms with van der Waals surface area (Å²) in [7, 11) is 0. The Hall–Kier alpha value is -5.04. The highest BCUT2D eigenvalue weighted by Crippen LogP contribution is 2.33. The maximum absolute atomic E-state index is 13.5. The van der Waals surface area contributed by atoms with Crippen molar-refractivity contribution in [1.29, 1.82) is 0 Å². The van der Waals surface area contributed by atoms with Crippen LogP contribution in [0.15, 0.2) is 84.9 Å². The van der Waals surface area contributed by atoms with Crippen LogP contribution in [0.5, 0.6) is 0 Å². The Labute approximate surface area is 221 Å². The van der Waals surface area contributed by atoms with E-state index in [1.54, 1.807) is 54.6 Å². The van der Waals surface area contributed by atoms with Gasteiger partial charge in [0.15, 0.2) is 0 Å². The van der Waals surface area contributed by atoms with Crippen molar-refractivity contribution in [2.24, 2.45) is 11.6 Å². The lowest BCUT2D eigenvalue weighted by atomic mass is 10.1. The Balaban J connectivity index is 1.64. The molecule has 0 saturated heterocycles. The molecule has 0 aromatic heterocycles. The molecule has 13 heteroatoms. The number of hydrogen-bond donors (Lipinski definition) is 6. The molecule has 3 rings (SSSR count). The molecular weight excluding hydrogens is 517 g/mol. The molecule has 0 spiro atoms. The van der Waals surface area contributed by atoms with Crippen LogP contribution in [0.2, 0.25) is 0 Å². The van der Waals surface area contributed by atoms with E-state index in [1.807, 2.05) is 0 Å². The molecular formula is C26H25F3N6O4. The van der Waals surface area contributed by atoms with Crippen molar-refractivity contribution < 1.29 is 32.4 Å². The number of benzene rings is 3. The first kappa shape index (κ1) is 28.5. The minimum atomic E-state index is -4.74. The second-order valence-electron chi connectivity index (χ2n) is 8.15. The summed E-state index contributed by atoms with van der Waals surface area (Å²) >= 11 is 0. The van der Waals surface area contributed by atoms with Crippen LogP contribution >= 0.6 is 0 Å². The number of nitrogens with one attached hydrogen (secondary N) is 4. The molecule has 0 atom stereocenters. The molecule has 0 aliphatic heterocycles. The summed E-state index contributed by atoms with van der Waals surface area (Å²) in [5, 5.41) is 9.75. The van der Waals surface area contributed by atoms with Gasteiger partial charge in [-0.05, 0) is 41.5 Å². The summed E-state index contributed by atoms with van der Waals surface area (Å²) in [4.78, 5) is 40.5. The first-order chi connectivity index (χ1) is 18.5. The first-order valence-corrected chi connectivity index (χ1v) is 11.4. The number of hydrogen-bond acceptors (Lipinski definition) is 6. The second-order valence-corrected chi connectivity index (χ2v) is 8.15. The van der Waals surface area contributed by atoms with Gasteiger partial charge in [-0.3, -0.25) is 14.9 Å². The SMILES string of the molecule is NO/C(=C\NCc1ccc(C(N)=O)cc1)NC(=O)Nc1cc(NC(=O)Cc2ccccc2)cc(C(F)(F)F)c1. The maximum Gasteiger partial charge on any atom is 0.416 e. The number of nitrogens with two attached hydrogens (primary N) is 2. The number of rotatable bonds is 10. The van der Waals surface area contributed by atoms with Crippen LogP contribution in [0.1, 0.15) is 27.0 Å². The average molecular weight is 543 g/mol. The van der Waals surface area contributed by atoms with Gasteiger partial charge in [-0.25, -0.2) is 4.79 Å². The molecule has 10 nitrogen and oxygen atoms in total. The number of carbonyl (C=O) groups is 3. The third-order valence-electron chi connectivity index (χ3n) is 5.15. The van der Waals surface area contributed by atoms with E-state index in [0.717, 1.165) is 11.6 Å². The topological polar surface area (TPSA) is 161 Å². The number of halogens is 3. The third-order valence-corrected chi connectivity index (χ3v) is 5.15. The van der Waals surface area contributed by atoms with Gasteiger partial charge in [0.2, 0.25) is 17.7 Å². The Morgan fingerprint density at radius 3 is 2.10 bits per heavy atom. The molecule has 0 aliphatic rings. The van der Waals surface area contributed by atoms with Crippen LogP contribution in [-0.2, 0) is 28.8 Å². The zero-order chi connectivity index (χ0) is 28.4. The van der Waals surface area contributed by atoms with Gasteiger partial charge in [0, 0.05) is 23.5 Å². The standard InChI is InChI=1S/C26H25F3N6O4/c27-26(28,29)19-11-20(33-22(36)10-16-4-2-1-3-5-16)13-21(12-19)34-25(38)35-23(39-31)15-32-14-17-6-8-18(9-7-17)24(30)37/h1-9,11-13,15,32H,10,14,31H2,(H2,30,37)(H,33,36)(H2,34,35,38)/b23-15-. The van der Waals surface area contributed by atoms with Crippen molar-refractivity contribution in [2.75, 3.05) is 10.6 Å². The average Bonchev–Trinajstić information content (AvgIpc) is 2.88. The third kappa shape index (κ3) is 9.09. The highest BCUT2D eigenvalue weighted by molar-refractivity contribution is 5.95. The van der Waals surface area contributed by atoms with Crippen molar-refractivity contribution >= 4 is 29.2 Å². The fraction of sp³-hybridized carbons (Fsp3) is 0.115. The van der Waals surface area contributed by atoms with Gasteiger partial charge in [-0.2, -0.15) is 19.1 Å². The molecule has 4 amide bonds. The molecule has 0 heterocycles. The van der Waals surface area contributed by atoms with Gasteiger partial charge in [0.05, 0.1) is 18.2 Å². The Morgan fingerprint density at radius 1 is 0.872 bits per heavy atom. The summed E-state index contributed by atoms with van der Waals surface area (Å²) in [6.07, 6.45) is -3.56. The van der Waals surface area contributed by atoms with Crippen LogP contribution in [0.3, 0.4) is 0 Å². The number of primary amides is 1. The lowest BCUT2D eigenvalue weighted by Crippen LogP contribution is -2.31. The second kappa shape index (κ2) is 13.0. The van der Waals surface area contributed by atoms with E-state index in [4.69, 9.17) is 11.6 Å². The molecule has 0 saturated carbocycles. The van der Waals surface area contributed by atoms with Crippen LogP contribution in [-0.4, -0.2) is 17.8 Å². The van der Waals surface area contributed by atoms with Crippen LogP contribution < -0.4 is 32.9 Å². The molecule has 204 valence electrons. The van der Waals surface area contributed by atoms with Gasteiger partial charge >= 0.3 is 12.2 Å². The zero-order valence-electron chi connectivity index (χ0n) is 20.3. The van der Waals surface area contributed by atoms with Crippen molar-refractivity contribution in [3.05, 3.63) is 107 Å². The molecule has 0 unspecified atom stereocenters. The van der Waals surface area contributed by atoms with Crippen molar-refractivity contribution in [2.45, 2.75) is 19.1 Å². The molecule has 0 fully saturated rings. The van der Waals surface area contributed by atoms with E-state index in [2.05, 4.69) is 26.1 Å². The smallest absolute Gasteiger partial charge is 0.391 e. The minimum absolute atomic E-state index is 0.0510. The van der Waals surface area contributed by atoms with E-state index in [0.29, 0.717) is 17.2 Å². The van der Waals surface area contributed by atoms with Gasteiger partial charge in [-0.1, -0.05) is 42.5 Å². The van der Waals surface area contributed by atoms with E-state index in [1.165, 1.54) is 12.3 Å². The predicted molar refractivity (Wildman–Crippen MR) is 138 cm³/mol. The molecule has 0 radical (unpaired) electrons. The van der Waals surface area contributed by atoms with Crippen LogP contribution in [0.25, 0.3) is 0 Å². The summed E-state index contributed by atoms with van der Waals surface area (Å²) in [5.74, 6) is 3.83. The number of anilines is 2. The normalized spacial score (nSPS) is 11.3. The minimum Gasteiger partial charge on any atom is -0.391 e. The molecule has 3 aromatic carbocycles. The fourth-order valence-corrected chi connectivity index (χ4v) is 3.34. The highest BCUT2D eigenvalue weighted by atomic mass is 19.4. The Bertz CT molecular complexity index is 1350. The molecule has 0 aliphatic carbocycles. The summed E-state index contributed by atoms with van der Waals surface area (Å²) in [6, 6.07) is 16.8. The summed E-state index contributed by atoms with van der Waals surface area (Å²) < 4.78 is 40.4. The Morgan fingerprint density at radius 2 is 1.51 bits per heavy atom. The quantitative estimate of drug-likeness (QED) is 0.170. The van der Waals surface area contributed by atoms with E-state index in [9.17, 15) is 27.6 Å². The molecule has 3 aromatic rings. The zero-order valence-corrected chi connectivity index (χ0v) is 20.3. The van der Waals surface area contributed by atoms with Gasteiger partial charge in [0.1, 0.15) is 0 Å². The monoisotopic (exact) mass is 542 g/mol. The van der Waals surface area contributed by atoms with E-state index >= 15 is 0 Å². The number of alkyl halides is 3. The maximum atomic E-state index is 13.5. The van der Waals surface area contributed by atoms with Gasteiger partial charge < -0.3 is 26.5 Å². The lowest BCUT2D eigenvalue weighted by molar-refractivity contribution is -0.137. The van der Waals surface area contributed by atoms with E-state index in [-0.39, 0.29) is 30.2 Å². The van der Waals surface area contributed by atoms with Crippen LogP contribution in [0, 0.1) is 0 Å². The van der Waals surface area contributed by atoms with Crippen LogP contribution in [0.4, 0.5) is 29.3 Å². The van der Waals surface area contributed by atoms with Gasteiger partial charge in [-0.15, -0.1) is 0 Å². The predicted octanol–water partition coefficient (Wildman–Crippen LogP) is 3.59. The highest BCUT2D eigenvalue weighted by Gasteiger charge is 2.31. The molecule has 39 heavy (non-hydrogen) atoms. The fourth-order valence-electron chi connectivity index (χ4n) is 3.34.